The van der Waals surface area contributed by atoms with Crippen LogP contribution in [0.5, 0.6) is 0 Å². The van der Waals surface area contributed by atoms with Crippen LogP contribution in [0.4, 0.5) is 0 Å². The fourth-order valence-corrected chi connectivity index (χ4v) is 2.75. The number of aryl methyl sites for hydroxylation is 2. The molecule has 2 aromatic rings. The minimum atomic E-state index is -0.0287. The van der Waals surface area contributed by atoms with E-state index in [4.69, 9.17) is 5.73 Å². The summed E-state index contributed by atoms with van der Waals surface area (Å²) in [6, 6.07) is 1.90. The Morgan fingerprint density at radius 1 is 1.61 bits per heavy atom. The van der Waals surface area contributed by atoms with Crippen molar-refractivity contribution in [1.29, 1.82) is 0 Å². The van der Waals surface area contributed by atoms with Gasteiger partial charge in [-0.25, -0.2) is 0 Å². The Balaban J connectivity index is 0.00000162. The lowest BCUT2D eigenvalue weighted by Gasteiger charge is -2.00. The van der Waals surface area contributed by atoms with E-state index in [2.05, 4.69) is 10.4 Å². The Morgan fingerprint density at radius 2 is 2.33 bits per heavy atom. The van der Waals surface area contributed by atoms with Crippen molar-refractivity contribution in [3.8, 4) is 0 Å². The molecular formula is C11H17ClN4OS. The Bertz CT molecular complexity index is 514. The summed E-state index contributed by atoms with van der Waals surface area (Å²) in [4.78, 5) is 13.6. The minimum Gasteiger partial charge on any atom is -0.351 e. The van der Waals surface area contributed by atoms with E-state index in [1.807, 2.05) is 24.7 Å². The summed E-state index contributed by atoms with van der Waals surface area (Å²) in [5.41, 5.74) is 6.34. The fourth-order valence-electron chi connectivity index (χ4n) is 1.71. The van der Waals surface area contributed by atoms with Crippen LogP contribution in [0, 0.1) is 6.92 Å². The Kier molecular flexibility index (Phi) is 5.13. The van der Waals surface area contributed by atoms with Gasteiger partial charge >= 0.3 is 0 Å². The van der Waals surface area contributed by atoms with Crippen LogP contribution >= 0.6 is 23.7 Å². The summed E-state index contributed by atoms with van der Waals surface area (Å²) in [6.45, 7) is 3.17. The zero-order valence-corrected chi connectivity index (χ0v) is 12.0. The van der Waals surface area contributed by atoms with Crippen LogP contribution in [0.3, 0.4) is 0 Å². The number of hydrogen-bond donors (Lipinski definition) is 2. The predicted octanol–water partition coefficient (Wildman–Crippen LogP) is 1.44. The highest BCUT2D eigenvalue weighted by molar-refractivity contribution is 7.20. The molecule has 0 saturated heterocycles. The number of halogens is 1. The van der Waals surface area contributed by atoms with Gasteiger partial charge in [0.15, 0.2) is 0 Å². The lowest BCUT2D eigenvalue weighted by Crippen LogP contribution is -2.25. The van der Waals surface area contributed by atoms with Crippen LogP contribution < -0.4 is 11.1 Å². The molecule has 0 unspecified atom stereocenters. The van der Waals surface area contributed by atoms with Crippen LogP contribution in [0.1, 0.15) is 21.8 Å². The molecule has 0 aliphatic carbocycles. The quantitative estimate of drug-likeness (QED) is 0.836. The van der Waals surface area contributed by atoms with Crippen LogP contribution in [-0.2, 0) is 7.05 Å². The van der Waals surface area contributed by atoms with E-state index < -0.39 is 0 Å². The van der Waals surface area contributed by atoms with Gasteiger partial charge in [0.25, 0.3) is 5.91 Å². The highest BCUT2D eigenvalue weighted by Crippen LogP contribution is 2.27. The third-order valence-electron chi connectivity index (χ3n) is 2.59. The molecule has 2 rings (SSSR count). The second-order valence-corrected chi connectivity index (χ2v) is 4.97. The number of nitrogens with one attached hydrogen (secondary N) is 1. The summed E-state index contributed by atoms with van der Waals surface area (Å²) in [5.74, 6) is -0.0287. The molecule has 0 radical (unpaired) electrons. The number of nitrogens with zero attached hydrogens (tertiary/aromatic N) is 2. The van der Waals surface area contributed by atoms with Crippen LogP contribution in [0.2, 0.25) is 0 Å². The van der Waals surface area contributed by atoms with E-state index in [9.17, 15) is 4.79 Å². The number of rotatable bonds is 4. The first-order valence-electron chi connectivity index (χ1n) is 5.55. The standard InChI is InChI=1S/C11H16N4OS.ClH/c1-7-8-6-9(10(16)13-5-3-4-12)17-11(8)15(2)14-7;/h6H,3-5,12H2,1-2H3,(H,13,16);1H. The van der Waals surface area contributed by atoms with Gasteiger partial charge in [0.2, 0.25) is 0 Å². The molecule has 7 heteroatoms. The molecule has 1 amide bonds. The highest BCUT2D eigenvalue weighted by Gasteiger charge is 2.14. The molecule has 0 saturated carbocycles. The van der Waals surface area contributed by atoms with Gasteiger partial charge in [0.1, 0.15) is 4.83 Å². The third-order valence-corrected chi connectivity index (χ3v) is 3.79. The maximum Gasteiger partial charge on any atom is 0.261 e. The van der Waals surface area contributed by atoms with Crippen molar-refractivity contribution in [2.75, 3.05) is 13.1 Å². The zero-order chi connectivity index (χ0) is 12.4. The second kappa shape index (κ2) is 6.17. The number of thiophene rings is 1. The third kappa shape index (κ3) is 2.82. The number of hydrogen-bond acceptors (Lipinski definition) is 4. The lowest BCUT2D eigenvalue weighted by atomic mass is 10.3. The Labute approximate surface area is 116 Å². The smallest absolute Gasteiger partial charge is 0.261 e. The monoisotopic (exact) mass is 288 g/mol. The maximum atomic E-state index is 11.8. The number of fused-ring (bicyclic) bond motifs is 1. The van der Waals surface area contributed by atoms with Crippen LogP contribution in [0.25, 0.3) is 10.2 Å². The number of amides is 1. The largest absolute Gasteiger partial charge is 0.351 e. The van der Waals surface area contributed by atoms with Gasteiger partial charge in [0, 0.05) is 19.0 Å². The Hall–Kier alpha value is -1.11. The predicted molar refractivity (Wildman–Crippen MR) is 76.6 cm³/mol. The van der Waals surface area contributed by atoms with Crippen molar-refractivity contribution in [2.45, 2.75) is 13.3 Å². The lowest BCUT2D eigenvalue weighted by molar-refractivity contribution is 0.0957. The average molecular weight is 289 g/mol. The molecule has 2 aromatic heterocycles. The van der Waals surface area contributed by atoms with E-state index in [1.54, 1.807) is 0 Å². The van der Waals surface area contributed by atoms with Crippen LogP contribution in [-0.4, -0.2) is 28.8 Å². The molecule has 0 aliphatic rings. The van der Waals surface area contributed by atoms with Crippen molar-refractivity contribution in [3.63, 3.8) is 0 Å². The first-order valence-corrected chi connectivity index (χ1v) is 6.36. The molecule has 5 nitrogen and oxygen atoms in total. The highest BCUT2D eigenvalue weighted by atomic mass is 35.5. The molecular weight excluding hydrogens is 272 g/mol. The van der Waals surface area contributed by atoms with Crippen molar-refractivity contribution in [3.05, 3.63) is 16.6 Å². The van der Waals surface area contributed by atoms with E-state index in [0.717, 1.165) is 27.2 Å². The summed E-state index contributed by atoms with van der Waals surface area (Å²) in [5, 5.41) is 8.21. The topological polar surface area (TPSA) is 72.9 Å². The van der Waals surface area contributed by atoms with E-state index in [-0.39, 0.29) is 18.3 Å². The molecule has 0 bridgehead atoms. The molecule has 2 heterocycles. The fraction of sp³-hybridized carbons (Fsp3) is 0.455. The molecule has 0 atom stereocenters. The maximum absolute atomic E-state index is 11.8. The SMILES string of the molecule is Cc1nn(C)c2sc(C(=O)NCCCN)cc12.Cl. The van der Waals surface area contributed by atoms with Crippen molar-refractivity contribution < 1.29 is 4.79 Å². The van der Waals surface area contributed by atoms with Gasteiger partial charge < -0.3 is 11.1 Å². The van der Waals surface area contributed by atoms with Gasteiger partial charge in [-0.3, -0.25) is 9.48 Å². The van der Waals surface area contributed by atoms with Crippen LogP contribution in [0.15, 0.2) is 6.07 Å². The van der Waals surface area contributed by atoms with E-state index >= 15 is 0 Å². The second-order valence-electron chi connectivity index (χ2n) is 3.94. The molecule has 0 aliphatic heterocycles. The number of nitrogens with two attached hydrogens (primary N) is 1. The van der Waals surface area contributed by atoms with Crippen molar-refractivity contribution in [1.82, 2.24) is 15.1 Å². The molecule has 0 aromatic carbocycles. The number of carbonyl (C=O) groups excluding carboxylic acids is 1. The average Bonchev–Trinajstić information content (AvgIpc) is 2.82. The first kappa shape index (κ1) is 14.9. The van der Waals surface area contributed by atoms with Gasteiger partial charge in [-0.15, -0.1) is 23.7 Å². The molecule has 18 heavy (non-hydrogen) atoms. The van der Waals surface area contributed by atoms with E-state index in [1.165, 1.54) is 11.3 Å². The summed E-state index contributed by atoms with van der Waals surface area (Å²) in [6.07, 6.45) is 0.803. The van der Waals surface area contributed by atoms with Gasteiger partial charge in [-0.05, 0) is 26.0 Å². The van der Waals surface area contributed by atoms with Crippen molar-refractivity contribution >= 4 is 39.9 Å². The number of carbonyl (C=O) groups is 1. The molecule has 100 valence electrons. The summed E-state index contributed by atoms with van der Waals surface area (Å²) >= 11 is 1.47. The van der Waals surface area contributed by atoms with Gasteiger partial charge in [0.05, 0.1) is 10.6 Å². The Morgan fingerprint density at radius 3 is 2.94 bits per heavy atom. The van der Waals surface area contributed by atoms with E-state index in [0.29, 0.717) is 13.1 Å². The van der Waals surface area contributed by atoms with Gasteiger partial charge in [-0.2, -0.15) is 5.10 Å². The first-order chi connectivity index (χ1) is 8.13. The minimum absolute atomic E-state index is 0. The molecule has 0 spiro atoms. The number of aromatic nitrogens is 2. The van der Waals surface area contributed by atoms with Gasteiger partial charge in [-0.1, -0.05) is 0 Å². The summed E-state index contributed by atoms with van der Waals surface area (Å²) in [7, 11) is 1.89. The molecule has 0 fully saturated rings. The summed E-state index contributed by atoms with van der Waals surface area (Å²) < 4.78 is 1.81. The zero-order valence-electron chi connectivity index (χ0n) is 10.4. The van der Waals surface area contributed by atoms with Crippen molar-refractivity contribution in [2.24, 2.45) is 12.8 Å². The normalized spacial score (nSPS) is 10.4. The molecule has 3 N–H and O–H groups in total.